The van der Waals surface area contributed by atoms with Crippen LogP contribution >= 0.6 is 11.6 Å². The van der Waals surface area contributed by atoms with Crippen LogP contribution in [0.5, 0.6) is 11.6 Å². The van der Waals surface area contributed by atoms with Gasteiger partial charge in [0.1, 0.15) is 5.75 Å². The monoisotopic (exact) mass is 367 g/mol. The summed E-state index contributed by atoms with van der Waals surface area (Å²) < 4.78 is 11.7. The molecule has 0 aliphatic rings. The number of halogens is 1. The molecule has 0 aliphatic heterocycles. The number of ether oxygens (including phenoxy) is 2. The van der Waals surface area contributed by atoms with E-state index >= 15 is 0 Å². The van der Waals surface area contributed by atoms with E-state index in [2.05, 4.69) is 18.8 Å². The van der Waals surface area contributed by atoms with Crippen LogP contribution in [0.4, 0.5) is 0 Å². The predicted molar refractivity (Wildman–Crippen MR) is 105 cm³/mol. The fraction of sp³-hybridized carbons (Fsp3) is 0.227. The van der Waals surface area contributed by atoms with E-state index in [0.29, 0.717) is 19.1 Å². The Morgan fingerprint density at radius 2 is 1.62 bits per heavy atom. The molecule has 2 aromatic carbocycles. The van der Waals surface area contributed by atoms with Gasteiger partial charge in [0.05, 0.1) is 18.9 Å². The standard InChI is InChI=1S/C22H22ClNO2/c1-22(2,17-11-13-18(23)14-12-17)16-25-15-19-7-6-10-21(24-19)26-20-8-4-3-5-9-20/h3-14H,15-16H2,1-2H3. The number of hydrogen-bond acceptors (Lipinski definition) is 3. The largest absolute Gasteiger partial charge is 0.439 e. The third kappa shape index (κ3) is 5.07. The Bertz CT molecular complexity index is 832. The Labute approximate surface area is 159 Å². The smallest absolute Gasteiger partial charge is 0.219 e. The first-order valence-corrected chi connectivity index (χ1v) is 8.93. The van der Waals surface area contributed by atoms with Crippen molar-refractivity contribution in [3.63, 3.8) is 0 Å². The van der Waals surface area contributed by atoms with Gasteiger partial charge in [0, 0.05) is 16.5 Å². The number of hydrogen-bond donors (Lipinski definition) is 0. The molecule has 3 nitrogen and oxygen atoms in total. The summed E-state index contributed by atoms with van der Waals surface area (Å²) in [6.45, 7) is 5.32. The second-order valence-corrected chi connectivity index (χ2v) is 7.20. The highest BCUT2D eigenvalue weighted by Crippen LogP contribution is 2.25. The normalized spacial score (nSPS) is 11.3. The maximum atomic E-state index is 5.97. The topological polar surface area (TPSA) is 31.4 Å². The first-order valence-electron chi connectivity index (χ1n) is 8.55. The first-order chi connectivity index (χ1) is 12.5. The molecule has 26 heavy (non-hydrogen) atoms. The van der Waals surface area contributed by atoms with Crippen molar-refractivity contribution in [3.8, 4) is 11.6 Å². The molecule has 0 bridgehead atoms. The number of pyridine rings is 1. The Morgan fingerprint density at radius 3 is 2.35 bits per heavy atom. The molecule has 3 aromatic rings. The Hall–Kier alpha value is -2.36. The van der Waals surface area contributed by atoms with Crippen molar-refractivity contribution < 1.29 is 9.47 Å². The lowest BCUT2D eigenvalue weighted by Crippen LogP contribution is -2.24. The van der Waals surface area contributed by atoms with Crippen LogP contribution in [-0.4, -0.2) is 11.6 Å². The second-order valence-electron chi connectivity index (χ2n) is 6.77. The summed E-state index contributed by atoms with van der Waals surface area (Å²) in [5.74, 6) is 1.33. The van der Waals surface area contributed by atoms with E-state index in [4.69, 9.17) is 21.1 Å². The summed E-state index contributed by atoms with van der Waals surface area (Å²) >= 11 is 5.97. The third-order valence-corrected chi connectivity index (χ3v) is 4.34. The van der Waals surface area contributed by atoms with Gasteiger partial charge < -0.3 is 9.47 Å². The Morgan fingerprint density at radius 1 is 0.885 bits per heavy atom. The molecule has 0 aliphatic carbocycles. The van der Waals surface area contributed by atoms with Gasteiger partial charge in [-0.25, -0.2) is 4.98 Å². The van der Waals surface area contributed by atoms with E-state index < -0.39 is 0 Å². The summed E-state index contributed by atoms with van der Waals surface area (Å²) in [5.41, 5.74) is 1.92. The van der Waals surface area contributed by atoms with Gasteiger partial charge in [0.25, 0.3) is 0 Å². The minimum absolute atomic E-state index is 0.108. The molecule has 0 saturated heterocycles. The Kier molecular flexibility index (Phi) is 5.92. The maximum Gasteiger partial charge on any atom is 0.219 e. The van der Waals surface area contributed by atoms with Crippen molar-refractivity contribution in [2.24, 2.45) is 0 Å². The van der Waals surface area contributed by atoms with E-state index in [1.807, 2.05) is 72.8 Å². The van der Waals surface area contributed by atoms with Crippen LogP contribution in [0.2, 0.25) is 5.02 Å². The minimum atomic E-state index is -0.108. The molecule has 0 atom stereocenters. The fourth-order valence-electron chi connectivity index (χ4n) is 2.60. The number of para-hydroxylation sites is 1. The summed E-state index contributed by atoms with van der Waals surface area (Å²) in [6.07, 6.45) is 0. The fourth-order valence-corrected chi connectivity index (χ4v) is 2.73. The summed E-state index contributed by atoms with van der Waals surface area (Å²) in [4.78, 5) is 4.51. The zero-order valence-corrected chi connectivity index (χ0v) is 15.7. The second kappa shape index (κ2) is 8.35. The van der Waals surface area contributed by atoms with Crippen molar-refractivity contribution in [1.82, 2.24) is 4.98 Å². The van der Waals surface area contributed by atoms with Gasteiger partial charge in [0.2, 0.25) is 5.88 Å². The van der Waals surface area contributed by atoms with Gasteiger partial charge in [-0.1, -0.05) is 61.8 Å². The molecule has 0 amide bonds. The van der Waals surface area contributed by atoms with Crippen LogP contribution in [0.3, 0.4) is 0 Å². The van der Waals surface area contributed by atoms with E-state index in [-0.39, 0.29) is 5.41 Å². The molecular weight excluding hydrogens is 346 g/mol. The Balaban J connectivity index is 1.58. The van der Waals surface area contributed by atoms with E-state index in [0.717, 1.165) is 16.5 Å². The third-order valence-electron chi connectivity index (χ3n) is 4.09. The molecule has 3 rings (SSSR count). The number of rotatable bonds is 7. The number of benzene rings is 2. The first kappa shape index (κ1) is 18.4. The molecule has 4 heteroatoms. The van der Waals surface area contributed by atoms with Crippen molar-refractivity contribution in [3.05, 3.63) is 89.1 Å². The van der Waals surface area contributed by atoms with Crippen molar-refractivity contribution in [2.45, 2.75) is 25.9 Å². The highest BCUT2D eigenvalue weighted by atomic mass is 35.5. The van der Waals surface area contributed by atoms with Gasteiger partial charge >= 0.3 is 0 Å². The van der Waals surface area contributed by atoms with Crippen LogP contribution in [0.25, 0.3) is 0 Å². The number of nitrogens with zero attached hydrogens (tertiary/aromatic N) is 1. The molecule has 1 heterocycles. The zero-order chi connectivity index (χ0) is 18.4. The van der Waals surface area contributed by atoms with Crippen LogP contribution in [-0.2, 0) is 16.8 Å². The van der Waals surface area contributed by atoms with Crippen LogP contribution in [0.1, 0.15) is 25.1 Å². The van der Waals surface area contributed by atoms with E-state index in [9.17, 15) is 0 Å². The van der Waals surface area contributed by atoms with Crippen molar-refractivity contribution in [1.29, 1.82) is 0 Å². The SMILES string of the molecule is CC(C)(COCc1cccc(Oc2ccccc2)n1)c1ccc(Cl)cc1. The van der Waals surface area contributed by atoms with Crippen molar-refractivity contribution in [2.75, 3.05) is 6.61 Å². The lowest BCUT2D eigenvalue weighted by Gasteiger charge is -2.25. The highest BCUT2D eigenvalue weighted by Gasteiger charge is 2.21. The molecule has 134 valence electrons. The van der Waals surface area contributed by atoms with Crippen molar-refractivity contribution >= 4 is 11.6 Å². The predicted octanol–water partition coefficient (Wildman–Crippen LogP) is 6.02. The van der Waals surface area contributed by atoms with Gasteiger partial charge in [-0.3, -0.25) is 0 Å². The zero-order valence-electron chi connectivity index (χ0n) is 15.0. The van der Waals surface area contributed by atoms with Crippen LogP contribution in [0, 0.1) is 0 Å². The molecule has 0 saturated carbocycles. The highest BCUT2D eigenvalue weighted by molar-refractivity contribution is 6.30. The van der Waals surface area contributed by atoms with Gasteiger partial charge in [-0.05, 0) is 35.9 Å². The van der Waals surface area contributed by atoms with Crippen LogP contribution in [0.15, 0.2) is 72.8 Å². The quantitative estimate of drug-likeness (QED) is 0.511. The van der Waals surface area contributed by atoms with Gasteiger partial charge in [-0.2, -0.15) is 0 Å². The molecule has 0 fully saturated rings. The maximum absolute atomic E-state index is 5.97. The average Bonchev–Trinajstić information content (AvgIpc) is 2.63. The molecule has 0 spiro atoms. The summed E-state index contributed by atoms with van der Waals surface area (Å²) in [7, 11) is 0. The average molecular weight is 368 g/mol. The summed E-state index contributed by atoms with van der Waals surface area (Å²) in [5, 5.41) is 0.741. The molecule has 1 aromatic heterocycles. The molecule has 0 N–H and O–H groups in total. The summed E-state index contributed by atoms with van der Waals surface area (Å²) in [6, 6.07) is 23.2. The van der Waals surface area contributed by atoms with Crippen LogP contribution < -0.4 is 4.74 Å². The number of aromatic nitrogens is 1. The van der Waals surface area contributed by atoms with Gasteiger partial charge in [-0.15, -0.1) is 0 Å². The lowest BCUT2D eigenvalue weighted by molar-refractivity contribution is 0.0802. The molecular formula is C22H22ClNO2. The lowest BCUT2D eigenvalue weighted by atomic mass is 9.86. The minimum Gasteiger partial charge on any atom is -0.439 e. The van der Waals surface area contributed by atoms with E-state index in [1.165, 1.54) is 5.56 Å². The van der Waals surface area contributed by atoms with Gasteiger partial charge in [0.15, 0.2) is 0 Å². The molecule has 0 unspecified atom stereocenters. The molecule has 0 radical (unpaired) electrons. The van der Waals surface area contributed by atoms with E-state index in [1.54, 1.807) is 0 Å².